The molecule has 0 N–H and O–H groups in total. The van der Waals surface area contributed by atoms with Crippen LogP contribution < -0.4 is 4.90 Å². The van der Waals surface area contributed by atoms with Crippen LogP contribution in [0.4, 0.5) is 5.69 Å². The Morgan fingerprint density at radius 3 is 2.83 bits per heavy atom. The summed E-state index contributed by atoms with van der Waals surface area (Å²) in [5.74, 6) is 0.282. The average Bonchev–Trinajstić information content (AvgIpc) is 3.46. The molecule has 1 saturated carbocycles. The molecule has 2 fully saturated rings. The van der Waals surface area contributed by atoms with Crippen LogP contribution in [-0.4, -0.2) is 43.9 Å². The number of carbonyl (C=O) groups is 1. The second-order valence-corrected chi connectivity index (χ2v) is 6.39. The fraction of sp³-hybridized carbons (Fsp3) is 0.474. The zero-order valence-corrected chi connectivity index (χ0v) is 14.0. The molecule has 126 valence electrons. The summed E-state index contributed by atoms with van der Waals surface area (Å²) in [5, 5.41) is 1.01. The summed E-state index contributed by atoms with van der Waals surface area (Å²) in [6.45, 7) is 5.58. The third-order valence-electron chi connectivity index (χ3n) is 4.72. The van der Waals surface area contributed by atoms with Gasteiger partial charge >= 0.3 is 5.97 Å². The van der Waals surface area contributed by atoms with Gasteiger partial charge in [-0.2, -0.15) is 0 Å². The molecule has 5 heteroatoms. The van der Waals surface area contributed by atoms with Gasteiger partial charge in [-0.1, -0.05) is 6.07 Å². The fourth-order valence-electron chi connectivity index (χ4n) is 3.39. The Kier molecular flexibility index (Phi) is 4.10. The Morgan fingerprint density at radius 2 is 2.12 bits per heavy atom. The highest BCUT2D eigenvalue weighted by Gasteiger charge is 2.31. The van der Waals surface area contributed by atoms with E-state index in [1.807, 2.05) is 13.0 Å². The zero-order valence-electron chi connectivity index (χ0n) is 14.0. The van der Waals surface area contributed by atoms with Crippen LogP contribution in [0.2, 0.25) is 0 Å². The maximum absolute atomic E-state index is 11.9. The van der Waals surface area contributed by atoms with Gasteiger partial charge in [0.05, 0.1) is 30.9 Å². The second-order valence-electron chi connectivity index (χ2n) is 6.39. The molecule has 0 unspecified atom stereocenters. The summed E-state index contributed by atoms with van der Waals surface area (Å²) in [6.07, 6.45) is 4.09. The Morgan fingerprint density at radius 1 is 1.33 bits per heavy atom. The fourth-order valence-corrected chi connectivity index (χ4v) is 3.39. The number of anilines is 1. The maximum atomic E-state index is 11.9. The van der Waals surface area contributed by atoms with Gasteiger partial charge in [0.25, 0.3) is 0 Å². The average molecular weight is 326 g/mol. The molecule has 0 spiro atoms. The number of hydrogen-bond acceptors (Lipinski definition) is 5. The molecule has 1 aromatic carbocycles. The van der Waals surface area contributed by atoms with E-state index >= 15 is 0 Å². The second kappa shape index (κ2) is 6.40. The van der Waals surface area contributed by atoms with Gasteiger partial charge in [0, 0.05) is 35.9 Å². The van der Waals surface area contributed by atoms with Crippen molar-refractivity contribution >= 4 is 22.6 Å². The molecule has 1 aromatic heterocycles. The number of nitrogens with zero attached hydrogens (tertiary/aromatic N) is 2. The number of pyridine rings is 1. The number of fused-ring (bicyclic) bond motifs is 1. The Hall–Kier alpha value is -2.14. The van der Waals surface area contributed by atoms with Crippen molar-refractivity contribution in [2.45, 2.75) is 25.7 Å². The lowest BCUT2D eigenvalue weighted by Crippen LogP contribution is -2.36. The minimum Gasteiger partial charge on any atom is -0.462 e. The number of morpholine rings is 1. The lowest BCUT2D eigenvalue weighted by molar-refractivity contribution is 0.0526. The van der Waals surface area contributed by atoms with Gasteiger partial charge in [-0.05, 0) is 37.8 Å². The highest BCUT2D eigenvalue weighted by Crippen LogP contribution is 2.47. The summed E-state index contributed by atoms with van der Waals surface area (Å²) in [7, 11) is 0. The summed E-state index contributed by atoms with van der Waals surface area (Å²) < 4.78 is 10.6. The van der Waals surface area contributed by atoms with Crippen LogP contribution >= 0.6 is 0 Å². The Bertz CT molecular complexity index is 765. The highest BCUT2D eigenvalue weighted by molar-refractivity contribution is 5.96. The molecule has 0 bridgehead atoms. The Labute approximate surface area is 141 Å². The van der Waals surface area contributed by atoms with Gasteiger partial charge < -0.3 is 14.4 Å². The van der Waals surface area contributed by atoms with E-state index in [4.69, 9.17) is 9.47 Å². The van der Waals surface area contributed by atoms with E-state index in [-0.39, 0.29) is 5.97 Å². The summed E-state index contributed by atoms with van der Waals surface area (Å²) >= 11 is 0. The van der Waals surface area contributed by atoms with E-state index in [1.165, 1.54) is 24.1 Å². The third-order valence-corrected chi connectivity index (χ3v) is 4.72. The molecule has 2 aliphatic rings. The van der Waals surface area contributed by atoms with Crippen molar-refractivity contribution in [1.29, 1.82) is 0 Å². The topological polar surface area (TPSA) is 51.7 Å². The molecule has 2 aromatic rings. The number of esters is 1. The van der Waals surface area contributed by atoms with Gasteiger partial charge in [-0.25, -0.2) is 4.79 Å². The molecule has 0 amide bonds. The molecular formula is C19H22N2O3. The number of ether oxygens (including phenoxy) is 2. The van der Waals surface area contributed by atoms with Crippen molar-refractivity contribution in [3.63, 3.8) is 0 Å². The molecule has 1 saturated heterocycles. The van der Waals surface area contributed by atoms with Crippen molar-refractivity contribution < 1.29 is 14.3 Å². The minimum atomic E-state index is -0.308. The summed E-state index contributed by atoms with van der Waals surface area (Å²) in [6, 6.07) is 6.15. The van der Waals surface area contributed by atoms with E-state index in [2.05, 4.69) is 22.0 Å². The highest BCUT2D eigenvalue weighted by atomic mass is 16.5. The first-order valence-electron chi connectivity index (χ1n) is 8.70. The van der Waals surface area contributed by atoms with Gasteiger partial charge in [0.2, 0.25) is 0 Å². The normalized spacial score (nSPS) is 18.0. The smallest absolute Gasteiger partial charge is 0.339 e. The number of benzene rings is 1. The summed E-state index contributed by atoms with van der Waals surface area (Å²) in [4.78, 5) is 19.0. The van der Waals surface area contributed by atoms with E-state index in [0.717, 1.165) is 37.2 Å². The van der Waals surface area contributed by atoms with Gasteiger partial charge in [0.15, 0.2) is 0 Å². The predicted molar refractivity (Wildman–Crippen MR) is 92.7 cm³/mol. The van der Waals surface area contributed by atoms with E-state index in [0.29, 0.717) is 18.1 Å². The van der Waals surface area contributed by atoms with Crippen molar-refractivity contribution in [2.24, 2.45) is 0 Å². The number of hydrogen-bond donors (Lipinski definition) is 0. The van der Waals surface area contributed by atoms with Crippen LogP contribution in [0.3, 0.4) is 0 Å². The van der Waals surface area contributed by atoms with Crippen LogP contribution in [0.15, 0.2) is 24.4 Å². The monoisotopic (exact) mass is 326 g/mol. The molecular weight excluding hydrogens is 304 g/mol. The predicted octanol–water partition coefficient (Wildman–Crippen LogP) is 3.13. The first-order valence-corrected chi connectivity index (χ1v) is 8.70. The lowest BCUT2D eigenvalue weighted by atomic mass is 10.0. The van der Waals surface area contributed by atoms with Gasteiger partial charge in [-0.3, -0.25) is 4.98 Å². The SMILES string of the molecule is CCOC(=O)c1cnc2c(C3CC3)c(N3CCOCC3)ccc2c1. The van der Waals surface area contributed by atoms with Gasteiger partial charge in [-0.15, -0.1) is 0 Å². The van der Waals surface area contributed by atoms with E-state index in [9.17, 15) is 4.79 Å². The third kappa shape index (κ3) is 2.84. The molecule has 0 radical (unpaired) electrons. The van der Waals surface area contributed by atoms with Crippen molar-refractivity contribution in [3.8, 4) is 0 Å². The largest absolute Gasteiger partial charge is 0.462 e. The molecule has 2 heterocycles. The number of rotatable bonds is 4. The number of carbonyl (C=O) groups excluding carboxylic acids is 1. The van der Waals surface area contributed by atoms with Crippen LogP contribution in [-0.2, 0) is 9.47 Å². The molecule has 1 aliphatic carbocycles. The standard InChI is InChI=1S/C19H22N2O3/c1-2-24-19(22)15-11-14-5-6-16(21-7-9-23-10-8-21)17(13-3-4-13)18(14)20-12-15/h5-6,11-13H,2-4,7-10H2,1H3. The van der Waals surface area contributed by atoms with Crippen molar-refractivity contribution in [2.75, 3.05) is 37.8 Å². The molecule has 0 atom stereocenters. The van der Waals surface area contributed by atoms with E-state index < -0.39 is 0 Å². The van der Waals surface area contributed by atoms with Crippen LogP contribution in [0.1, 0.15) is 41.6 Å². The Balaban J connectivity index is 1.77. The summed E-state index contributed by atoms with van der Waals surface area (Å²) in [5.41, 5.74) is 4.16. The lowest BCUT2D eigenvalue weighted by Gasteiger charge is -2.31. The van der Waals surface area contributed by atoms with Crippen LogP contribution in [0, 0.1) is 0 Å². The van der Waals surface area contributed by atoms with Crippen molar-refractivity contribution in [3.05, 3.63) is 35.5 Å². The molecule has 24 heavy (non-hydrogen) atoms. The number of aromatic nitrogens is 1. The van der Waals surface area contributed by atoms with E-state index in [1.54, 1.807) is 6.20 Å². The quantitative estimate of drug-likeness (QED) is 0.808. The van der Waals surface area contributed by atoms with Crippen molar-refractivity contribution in [1.82, 2.24) is 4.98 Å². The van der Waals surface area contributed by atoms with Crippen LogP contribution in [0.5, 0.6) is 0 Å². The first-order chi connectivity index (χ1) is 11.8. The minimum absolute atomic E-state index is 0.308. The molecule has 4 rings (SSSR count). The van der Waals surface area contributed by atoms with Crippen LogP contribution in [0.25, 0.3) is 10.9 Å². The molecule has 1 aliphatic heterocycles. The first kappa shape index (κ1) is 15.4. The maximum Gasteiger partial charge on any atom is 0.339 e. The van der Waals surface area contributed by atoms with Gasteiger partial charge in [0.1, 0.15) is 0 Å². The zero-order chi connectivity index (χ0) is 16.5. The molecule has 5 nitrogen and oxygen atoms in total.